The Morgan fingerprint density at radius 1 is 1.12 bits per heavy atom. The van der Waals surface area contributed by atoms with Crippen molar-refractivity contribution in [1.82, 2.24) is 0 Å². The molecule has 0 N–H and O–H groups in total. The van der Waals surface area contributed by atoms with Gasteiger partial charge in [-0.15, -0.1) is 0 Å². The molecule has 2 unspecified atom stereocenters. The summed E-state index contributed by atoms with van der Waals surface area (Å²) in [6.45, 7) is -4.77. The van der Waals surface area contributed by atoms with Crippen LogP contribution >= 0.6 is 23.2 Å². The van der Waals surface area contributed by atoms with Crippen LogP contribution in [0.2, 0.25) is 15.9 Å². The van der Waals surface area contributed by atoms with Gasteiger partial charge in [-0.2, -0.15) is 0 Å². The topological polar surface area (TPSA) is 0 Å². The Morgan fingerprint density at radius 2 is 1.62 bits per heavy atom. The standard InChI is InChI=1S/C9H7BCl2F3.K/c11-7-2-1-3-8(12)9(7)5-4-6(5)10(13,14)15;/h1-3,5-6H,4H2;/q-1;+1. The van der Waals surface area contributed by atoms with E-state index in [9.17, 15) is 12.9 Å². The quantitative estimate of drug-likeness (QED) is 0.728. The molecule has 0 nitrogen and oxygen atoms in total. The van der Waals surface area contributed by atoms with Gasteiger partial charge < -0.3 is 12.9 Å². The van der Waals surface area contributed by atoms with Crippen LogP contribution in [0.3, 0.4) is 0 Å². The van der Waals surface area contributed by atoms with E-state index in [1.165, 1.54) is 0 Å². The Balaban J connectivity index is 0.00000128. The van der Waals surface area contributed by atoms with Gasteiger partial charge in [0.15, 0.2) is 0 Å². The van der Waals surface area contributed by atoms with E-state index in [1.807, 2.05) is 0 Å². The maximum Gasteiger partial charge on any atom is 1.00 e. The Hall–Kier alpha value is 1.29. The molecule has 0 aliphatic heterocycles. The molecule has 16 heavy (non-hydrogen) atoms. The van der Waals surface area contributed by atoms with E-state index in [2.05, 4.69) is 0 Å². The van der Waals surface area contributed by atoms with Gasteiger partial charge in [0.2, 0.25) is 0 Å². The van der Waals surface area contributed by atoms with E-state index in [0.717, 1.165) is 0 Å². The van der Waals surface area contributed by atoms with Gasteiger partial charge in [-0.3, -0.25) is 0 Å². The zero-order valence-corrected chi connectivity index (χ0v) is 13.2. The SMILES string of the molecule is F[B-](F)(F)C1CC1c1c(Cl)cccc1Cl.[K+]. The normalized spacial score (nSPS) is 23.8. The van der Waals surface area contributed by atoms with Gasteiger partial charge in [-0.1, -0.05) is 41.5 Å². The minimum atomic E-state index is -4.77. The minimum Gasteiger partial charge on any atom is -0.449 e. The molecule has 82 valence electrons. The van der Waals surface area contributed by atoms with Crippen molar-refractivity contribution < 1.29 is 64.3 Å². The Kier molecular flexibility index (Phi) is 5.29. The van der Waals surface area contributed by atoms with E-state index in [0.29, 0.717) is 15.6 Å². The summed E-state index contributed by atoms with van der Waals surface area (Å²) in [6, 6.07) is 4.77. The molecular formula is C9H7BCl2F3K. The monoisotopic (exact) mass is 292 g/mol. The molecular weight excluding hydrogens is 286 g/mol. The predicted octanol–water partition coefficient (Wildman–Crippen LogP) is 1.70. The summed E-state index contributed by atoms with van der Waals surface area (Å²) < 4.78 is 37.2. The van der Waals surface area contributed by atoms with Crippen LogP contribution in [-0.2, 0) is 0 Å². The third-order valence-electron chi connectivity index (χ3n) is 2.70. The molecule has 1 aliphatic carbocycles. The van der Waals surface area contributed by atoms with Crippen molar-refractivity contribution in [1.29, 1.82) is 0 Å². The van der Waals surface area contributed by atoms with Crippen molar-refractivity contribution in [2.24, 2.45) is 0 Å². The van der Waals surface area contributed by atoms with Crippen LogP contribution in [0, 0.1) is 0 Å². The largest absolute Gasteiger partial charge is 1.00 e. The Bertz CT molecular complexity index is 377. The molecule has 1 aliphatic rings. The second-order valence-electron chi connectivity index (χ2n) is 3.77. The molecule has 1 aromatic carbocycles. The zero-order chi connectivity index (χ0) is 11.2. The minimum absolute atomic E-state index is 0. The Morgan fingerprint density at radius 3 is 2.00 bits per heavy atom. The summed E-state index contributed by atoms with van der Waals surface area (Å²) in [5, 5.41) is 0.658. The summed E-state index contributed by atoms with van der Waals surface area (Å²) in [6.07, 6.45) is 0.118. The number of rotatable bonds is 2. The number of hydrogen-bond acceptors (Lipinski definition) is 0. The molecule has 0 heterocycles. The van der Waals surface area contributed by atoms with Crippen molar-refractivity contribution >= 4 is 30.2 Å². The van der Waals surface area contributed by atoms with Gasteiger partial charge in [-0.05, 0) is 23.6 Å². The van der Waals surface area contributed by atoms with Gasteiger partial charge in [0.25, 0.3) is 0 Å². The van der Waals surface area contributed by atoms with Crippen LogP contribution in [0.15, 0.2) is 18.2 Å². The van der Waals surface area contributed by atoms with Gasteiger partial charge in [0.1, 0.15) is 0 Å². The van der Waals surface area contributed by atoms with Crippen LogP contribution in [0.5, 0.6) is 0 Å². The molecule has 1 aromatic rings. The maximum atomic E-state index is 12.4. The smallest absolute Gasteiger partial charge is 0.449 e. The first-order valence-electron chi connectivity index (χ1n) is 4.55. The summed E-state index contributed by atoms with van der Waals surface area (Å²) in [4.78, 5) is 0. The van der Waals surface area contributed by atoms with Crippen molar-refractivity contribution in [2.45, 2.75) is 18.2 Å². The van der Waals surface area contributed by atoms with E-state index in [-0.39, 0.29) is 57.8 Å². The van der Waals surface area contributed by atoms with Crippen molar-refractivity contribution in [3.05, 3.63) is 33.8 Å². The fourth-order valence-electron chi connectivity index (χ4n) is 1.83. The van der Waals surface area contributed by atoms with Gasteiger partial charge in [0.05, 0.1) is 0 Å². The van der Waals surface area contributed by atoms with Gasteiger partial charge >= 0.3 is 58.4 Å². The fraction of sp³-hybridized carbons (Fsp3) is 0.333. The Labute approximate surface area is 144 Å². The van der Waals surface area contributed by atoms with Crippen molar-refractivity contribution in [3.63, 3.8) is 0 Å². The molecule has 0 spiro atoms. The molecule has 0 amide bonds. The first kappa shape index (κ1) is 15.3. The summed E-state index contributed by atoms with van der Waals surface area (Å²) in [7, 11) is 0. The molecule has 1 fully saturated rings. The second kappa shape index (κ2) is 5.51. The molecule has 2 atom stereocenters. The maximum absolute atomic E-state index is 12.4. The summed E-state index contributed by atoms with van der Waals surface area (Å²) >= 11 is 11.7. The average Bonchev–Trinajstić information content (AvgIpc) is 2.82. The summed E-state index contributed by atoms with van der Waals surface area (Å²) in [5.41, 5.74) is 0.449. The molecule has 0 bridgehead atoms. The van der Waals surface area contributed by atoms with Gasteiger partial charge in [0, 0.05) is 10.0 Å². The van der Waals surface area contributed by atoms with E-state index < -0.39 is 18.7 Å². The molecule has 7 heteroatoms. The third kappa shape index (κ3) is 3.19. The number of halogens is 5. The zero-order valence-electron chi connectivity index (χ0n) is 8.56. The summed E-state index contributed by atoms with van der Waals surface area (Å²) in [5.74, 6) is -1.76. The van der Waals surface area contributed by atoms with Crippen molar-refractivity contribution in [2.75, 3.05) is 0 Å². The van der Waals surface area contributed by atoms with E-state index in [1.54, 1.807) is 18.2 Å². The average molecular weight is 293 g/mol. The molecule has 0 saturated heterocycles. The number of hydrogen-bond donors (Lipinski definition) is 0. The number of benzene rings is 1. The molecule has 2 rings (SSSR count). The molecule has 0 aromatic heterocycles. The van der Waals surface area contributed by atoms with Crippen LogP contribution < -0.4 is 51.4 Å². The predicted molar refractivity (Wildman–Crippen MR) is 56.6 cm³/mol. The molecule has 1 saturated carbocycles. The van der Waals surface area contributed by atoms with Crippen molar-refractivity contribution in [3.8, 4) is 0 Å². The van der Waals surface area contributed by atoms with Crippen LogP contribution in [-0.4, -0.2) is 6.98 Å². The third-order valence-corrected chi connectivity index (χ3v) is 3.35. The van der Waals surface area contributed by atoms with Crippen LogP contribution in [0.1, 0.15) is 17.9 Å². The van der Waals surface area contributed by atoms with Crippen LogP contribution in [0.25, 0.3) is 0 Å². The first-order valence-corrected chi connectivity index (χ1v) is 5.30. The van der Waals surface area contributed by atoms with E-state index >= 15 is 0 Å². The fourth-order valence-corrected chi connectivity index (χ4v) is 2.51. The van der Waals surface area contributed by atoms with Crippen LogP contribution in [0.4, 0.5) is 12.9 Å². The molecule has 0 radical (unpaired) electrons. The second-order valence-corrected chi connectivity index (χ2v) is 4.58. The first-order chi connectivity index (χ1) is 6.91. The van der Waals surface area contributed by atoms with E-state index in [4.69, 9.17) is 23.2 Å². The van der Waals surface area contributed by atoms with Gasteiger partial charge in [-0.25, -0.2) is 0 Å².